The number of aryl methyl sites for hydroxylation is 2. The largest absolute Gasteiger partial charge is 0.309 e. The molecule has 7 heteroatoms. The molecule has 5 nitrogen and oxygen atoms in total. The number of amides is 1. The number of nitrogens with zero attached hydrogens (tertiary/aromatic N) is 4. The highest BCUT2D eigenvalue weighted by Crippen LogP contribution is 2.34. The summed E-state index contributed by atoms with van der Waals surface area (Å²) < 4.78 is 13.9. The van der Waals surface area contributed by atoms with Gasteiger partial charge >= 0.3 is 0 Å². The molecule has 3 rings (SSSR count). The maximum atomic E-state index is 13.9. The van der Waals surface area contributed by atoms with Crippen molar-refractivity contribution in [3.63, 3.8) is 0 Å². The van der Waals surface area contributed by atoms with Crippen molar-refractivity contribution in [1.29, 1.82) is 5.26 Å². The maximum Gasteiger partial charge on any atom is 0.240 e. The highest BCUT2D eigenvalue weighted by Gasteiger charge is 2.35. The van der Waals surface area contributed by atoms with Gasteiger partial charge in [-0.15, -0.1) is 0 Å². The molecule has 0 spiro atoms. The summed E-state index contributed by atoms with van der Waals surface area (Å²) in [5.41, 5.74) is 1.29. The van der Waals surface area contributed by atoms with E-state index in [1.807, 2.05) is 0 Å². The number of nitriles is 1. The number of hydrogen-bond donors (Lipinski definition) is 0. The van der Waals surface area contributed by atoms with Crippen LogP contribution >= 0.6 is 11.8 Å². The second-order valence-corrected chi connectivity index (χ2v) is 6.68. The summed E-state index contributed by atoms with van der Waals surface area (Å²) in [6.07, 6.45) is 0.574. The molecule has 1 fully saturated rings. The Morgan fingerprint density at radius 1 is 1.33 bits per heavy atom. The molecule has 1 aromatic heterocycles. The molecule has 2 heterocycles. The molecule has 2 aromatic rings. The molecule has 0 radical (unpaired) electrons. The predicted octanol–water partition coefficient (Wildman–Crippen LogP) is 3.00. The van der Waals surface area contributed by atoms with Crippen LogP contribution in [0.3, 0.4) is 0 Å². The zero-order valence-corrected chi connectivity index (χ0v) is 14.1. The standard InChI is InChI=1S/C17H15FN4OS/c1-10-12(9-19)16(21-11(2)20-10)24-15-7-8-22(17(15)23)14-6-4-3-5-13(14)18/h3-6,15H,7-8H2,1-2H3/t15-/m1/s1. The quantitative estimate of drug-likeness (QED) is 0.802. The lowest BCUT2D eigenvalue weighted by atomic mass is 10.3. The first-order valence-corrected chi connectivity index (χ1v) is 8.37. The third-order valence-corrected chi connectivity index (χ3v) is 5.07. The Balaban J connectivity index is 1.85. The van der Waals surface area contributed by atoms with Gasteiger partial charge < -0.3 is 4.90 Å². The van der Waals surface area contributed by atoms with Crippen molar-refractivity contribution in [2.45, 2.75) is 30.5 Å². The van der Waals surface area contributed by atoms with Crippen molar-refractivity contribution in [1.82, 2.24) is 9.97 Å². The van der Waals surface area contributed by atoms with E-state index in [4.69, 9.17) is 0 Å². The summed E-state index contributed by atoms with van der Waals surface area (Å²) in [5, 5.41) is 9.43. The lowest BCUT2D eigenvalue weighted by molar-refractivity contribution is -0.116. The smallest absolute Gasteiger partial charge is 0.240 e. The molecule has 0 N–H and O–H groups in total. The van der Waals surface area contributed by atoms with E-state index in [1.54, 1.807) is 32.0 Å². The first-order chi connectivity index (χ1) is 11.5. The maximum absolute atomic E-state index is 13.9. The number of benzene rings is 1. The van der Waals surface area contributed by atoms with Gasteiger partial charge in [-0.3, -0.25) is 4.79 Å². The zero-order chi connectivity index (χ0) is 17.3. The summed E-state index contributed by atoms with van der Waals surface area (Å²) in [6.45, 7) is 3.95. The van der Waals surface area contributed by atoms with E-state index in [-0.39, 0.29) is 11.2 Å². The minimum atomic E-state index is -0.414. The number of carbonyl (C=O) groups excluding carboxylic acids is 1. The number of aromatic nitrogens is 2. The molecule has 1 saturated heterocycles. The van der Waals surface area contributed by atoms with Gasteiger partial charge in [0.1, 0.15) is 28.3 Å². The molecule has 0 bridgehead atoms. The Kier molecular flexibility index (Phi) is 4.49. The number of para-hydroxylation sites is 1. The average molecular weight is 342 g/mol. The Hall–Kier alpha value is -2.46. The van der Waals surface area contributed by atoms with Crippen LogP contribution in [0.2, 0.25) is 0 Å². The first-order valence-electron chi connectivity index (χ1n) is 7.49. The van der Waals surface area contributed by atoms with Crippen molar-refractivity contribution < 1.29 is 9.18 Å². The highest BCUT2D eigenvalue weighted by atomic mass is 32.2. The summed E-state index contributed by atoms with van der Waals surface area (Å²) >= 11 is 1.26. The number of carbonyl (C=O) groups is 1. The van der Waals surface area contributed by atoms with Crippen molar-refractivity contribution in [3.8, 4) is 6.07 Å². The summed E-state index contributed by atoms with van der Waals surface area (Å²) in [4.78, 5) is 22.6. The van der Waals surface area contributed by atoms with Crippen LogP contribution in [0.4, 0.5) is 10.1 Å². The molecule has 24 heavy (non-hydrogen) atoms. The summed E-state index contributed by atoms with van der Waals surface area (Å²) in [6, 6.07) is 8.34. The van der Waals surface area contributed by atoms with Gasteiger partial charge in [0, 0.05) is 6.54 Å². The Morgan fingerprint density at radius 2 is 2.08 bits per heavy atom. The van der Waals surface area contributed by atoms with Gasteiger partial charge in [-0.05, 0) is 32.4 Å². The Bertz CT molecular complexity index is 849. The highest BCUT2D eigenvalue weighted by molar-refractivity contribution is 8.00. The molecule has 1 aliphatic heterocycles. The van der Waals surface area contributed by atoms with E-state index in [2.05, 4.69) is 16.0 Å². The zero-order valence-electron chi connectivity index (χ0n) is 13.3. The lowest BCUT2D eigenvalue weighted by Gasteiger charge is -2.17. The number of halogens is 1. The third-order valence-electron chi connectivity index (χ3n) is 3.83. The first kappa shape index (κ1) is 16.4. The fraction of sp³-hybridized carbons (Fsp3) is 0.294. The third kappa shape index (κ3) is 2.97. The van der Waals surface area contributed by atoms with Crippen LogP contribution in [0.1, 0.15) is 23.5 Å². The molecule has 0 saturated carbocycles. The van der Waals surface area contributed by atoms with E-state index in [0.29, 0.717) is 40.8 Å². The van der Waals surface area contributed by atoms with Crippen molar-refractivity contribution in [2.24, 2.45) is 0 Å². The molecular formula is C17H15FN4OS. The van der Waals surface area contributed by atoms with Gasteiger partial charge in [0.2, 0.25) is 5.91 Å². The van der Waals surface area contributed by atoms with Crippen molar-refractivity contribution in [3.05, 3.63) is 47.2 Å². The fourth-order valence-corrected chi connectivity index (χ4v) is 3.92. The molecule has 0 unspecified atom stereocenters. The van der Waals surface area contributed by atoms with Crippen LogP contribution in [0.15, 0.2) is 29.3 Å². The number of anilines is 1. The van der Waals surface area contributed by atoms with Gasteiger partial charge in [-0.1, -0.05) is 23.9 Å². The monoisotopic (exact) mass is 342 g/mol. The van der Waals surface area contributed by atoms with E-state index in [9.17, 15) is 14.4 Å². The summed E-state index contributed by atoms with van der Waals surface area (Å²) in [5.74, 6) is -0.0174. The lowest BCUT2D eigenvalue weighted by Crippen LogP contribution is -2.28. The van der Waals surface area contributed by atoms with E-state index >= 15 is 0 Å². The molecular weight excluding hydrogens is 327 g/mol. The Morgan fingerprint density at radius 3 is 2.79 bits per heavy atom. The molecule has 1 atom stereocenters. The van der Waals surface area contributed by atoms with Crippen LogP contribution in [0, 0.1) is 31.0 Å². The number of rotatable bonds is 3. The van der Waals surface area contributed by atoms with Crippen molar-refractivity contribution in [2.75, 3.05) is 11.4 Å². The minimum absolute atomic E-state index is 0.164. The Labute approximate surface area is 143 Å². The van der Waals surface area contributed by atoms with Gasteiger partial charge in [-0.25, -0.2) is 14.4 Å². The predicted molar refractivity (Wildman–Crippen MR) is 89.2 cm³/mol. The molecule has 1 aliphatic rings. The van der Waals surface area contributed by atoms with E-state index in [1.165, 1.54) is 22.7 Å². The van der Waals surface area contributed by atoms with Gasteiger partial charge in [0.25, 0.3) is 0 Å². The van der Waals surface area contributed by atoms with Crippen LogP contribution in [0.25, 0.3) is 0 Å². The minimum Gasteiger partial charge on any atom is -0.309 e. The van der Waals surface area contributed by atoms with Gasteiger partial charge in [0.05, 0.1) is 16.6 Å². The summed E-state index contributed by atoms with van der Waals surface area (Å²) in [7, 11) is 0. The normalized spacial score (nSPS) is 17.2. The van der Waals surface area contributed by atoms with Crippen LogP contribution in [-0.4, -0.2) is 27.7 Å². The van der Waals surface area contributed by atoms with Crippen LogP contribution in [-0.2, 0) is 4.79 Å². The second-order valence-electron chi connectivity index (χ2n) is 5.48. The van der Waals surface area contributed by atoms with E-state index in [0.717, 1.165) is 0 Å². The fourth-order valence-electron chi connectivity index (χ4n) is 2.70. The topological polar surface area (TPSA) is 69.9 Å². The van der Waals surface area contributed by atoms with Crippen molar-refractivity contribution >= 4 is 23.4 Å². The average Bonchev–Trinajstić information content (AvgIpc) is 2.88. The van der Waals surface area contributed by atoms with Crippen LogP contribution < -0.4 is 4.90 Å². The van der Waals surface area contributed by atoms with Gasteiger partial charge in [0.15, 0.2) is 0 Å². The molecule has 1 amide bonds. The SMILES string of the molecule is Cc1nc(C)c(C#N)c(S[C@@H]2CCN(c3ccccc3F)C2=O)n1. The molecule has 122 valence electrons. The van der Waals surface area contributed by atoms with Crippen LogP contribution in [0.5, 0.6) is 0 Å². The molecule has 0 aliphatic carbocycles. The second kappa shape index (κ2) is 6.57. The number of thioether (sulfide) groups is 1. The number of hydrogen-bond acceptors (Lipinski definition) is 5. The van der Waals surface area contributed by atoms with E-state index < -0.39 is 5.82 Å². The van der Waals surface area contributed by atoms with Gasteiger partial charge in [-0.2, -0.15) is 5.26 Å². The molecule has 1 aromatic carbocycles.